The molecule has 2 nitrogen and oxygen atoms in total. The van der Waals surface area contributed by atoms with Crippen LogP contribution in [0.15, 0.2) is 24.3 Å². The summed E-state index contributed by atoms with van der Waals surface area (Å²) in [6.45, 7) is 8.54. The molecule has 0 heterocycles. The van der Waals surface area contributed by atoms with Gasteiger partial charge in [0.05, 0.1) is 5.60 Å². The molecule has 0 saturated heterocycles. The molecule has 0 aliphatic carbocycles. The number of anilines is 1. The Morgan fingerprint density at radius 3 is 2.50 bits per heavy atom. The minimum atomic E-state index is -0.0743. The summed E-state index contributed by atoms with van der Waals surface area (Å²) in [5, 5.41) is 3.52. The van der Waals surface area contributed by atoms with Gasteiger partial charge in [0.25, 0.3) is 0 Å². The standard InChI is InChI=1S/C14H23NO/c1-11-8-6-7-9-13(11)15-12(2)10-14(3,4)16-5/h6-9,12,15H,10H2,1-5H3. The lowest BCUT2D eigenvalue weighted by Gasteiger charge is -2.28. The van der Waals surface area contributed by atoms with Gasteiger partial charge < -0.3 is 10.1 Å². The fraction of sp³-hybridized carbons (Fsp3) is 0.571. The Morgan fingerprint density at radius 2 is 1.94 bits per heavy atom. The minimum Gasteiger partial charge on any atom is -0.382 e. The maximum atomic E-state index is 5.44. The zero-order valence-corrected chi connectivity index (χ0v) is 11.0. The Kier molecular flexibility index (Phi) is 4.36. The summed E-state index contributed by atoms with van der Waals surface area (Å²) in [7, 11) is 1.76. The lowest BCUT2D eigenvalue weighted by molar-refractivity contribution is 0.0128. The van der Waals surface area contributed by atoms with Crippen molar-refractivity contribution in [1.82, 2.24) is 0 Å². The zero-order valence-electron chi connectivity index (χ0n) is 11.0. The predicted octanol–water partition coefficient (Wildman–Crippen LogP) is 3.61. The molecule has 90 valence electrons. The number of benzene rings is 1. The third-order valence-electron chi connectivity index (χ3n) is 2.90. The van der Waals surface area contributed by atoms with E-state index in [0.29, 0.717) is 6.04 Å². The second-order valence-corrected chi connectivity index (χ2v) is 5.03. The molecule has 1 unspecified atom stereocenters. The van der Waals surface area contributed by atoms with Crippen LogP contribution in [0.25, 0.3) is 0 Å². The number of rotatable bonds is 5. The summed E-state index contributed by atoms with van der Waals surface area (Å²) >= 11 is 0. The molecule has 1 N–H and O–H groups in total. The van der Waals surface area contributed by atoms with Gasteiger partial charge in [-0.1, -0.05) is 18.2 Å². The maximum absolute atomic E-state index is 5.44. The Morgan fingerprint density at radius 1 is 1.31 bits per heavy atom. The minimum absolute atomic E-state index is 0.0743. The molecule has 0 fully saturated rings. The highest BCUT2D eigenvalue weighted by Crippen LogP contribution is 2.20. The molecule has 0 bridgehead atoms. The molecule has 1 rings (SSSR count). The SMILES string of the molecule is COC(C)(C)CC(C)Nc1ccccc1C. The van der Waals surface area contributed by atoms with Gasteiger partial charge >= 0.3 is 0 Å². The topological polar surface area (TPSA) is 21.3 Å². The van der Waals surface area contributed by atoms with Crippen LogP contribution in [0.3, 0.4) is 0 Å². The number of nitrogens with one attached hydrogen (secondary N) is 1. The summed E-state index contributed by atoms with van der Waals surface area (Å²) < 4.78 is 5.44. The first-order valence-corrected chi connectivity index (χ1v) is 5.82. The first-order chi connectivity index (χ1) is 7.44. The van der Waals surface area contributed by atoms with E-state index in [0.717, 1.165) is 6.42 Å². The van der Waals surface area contributed by atoms with E-state index in [9.17, 15) is 0 Å². The fourth-order valence-electron chi connectivity index (χ4n) is 1.87. The summed E-state index contributed by atoms with van der Waals surface area (Å²) in [5.74, 6) is 0. The van der Waals surface area contributed by atoms with E-state index < -0.39 is 0 Å². The van der Waals surface area contributed by atoms with Gasteiger partial charge in [0, 0.05) is 18.8 Å². The van der Waals surface area contributed by atoms with Crippen LogP contribution in [-0.4, -0.2) is 18.8 Å². The molecular formula is C14H23NO. The quantitative estimate of drug-likeness (QED) is 0.820. The van der Waals surface area contributed by atoms with Crippen LogP contribution >= 0.6 is 0 Å². The van der Waals surface area contributed by atoms with Gasteiger partial charge in [-0.2, -0.15) is 0 Å². The molecular weight excluding hydrogens is 198 g/mol. The van der Waals surface area contributed by atoms with E-state index in [1.54, 1.807) is 7.11 Å². The van der Waals surface area contributed by atoms with Crippen LogP contribution < -0.4 is 5.32 Å². The van der Waals surface area contributed by atoms with E-state index in [4.69, 9.17) is 4.74 Å². The Labute approximate surface area is 99.0 Å². The highest BCUT2D eigenvalue weighted by atomic mass is 16.5. The van der Waals surface area contributed by atoms with Crippen molar-refractivity contribution in [3.8, 4) is 0 Å². The monoisotopic (exact) mass is 221 g/mol. The van der Waals surface area contributed by atoms with Gasteiger partial charge in [-0.05, 0) is 45.7 Å². The number of ether oxygens (including phenoxy) is 1. The molecule has 2 heteroatoms. The van der Waals surface area contributed by atoms with E-state index in [-0.39, 0.29) is 5.60 Å². The first-order valence-electron chi connectivity index (χ1n) is 5.82. The van der Waals surface area contributed by atoms with Crippen molar-refractivity contribution in [2.24, 2.45) is 0 Å². The number of hydrogen-bond acceptors (Lipinski definition) is 2. The van der Waals surface area contributed by atoms with Gasteiger partial charge in [-0.25, -0.2) is 0 Å². The average Bonchev–Trinajstić information content (AvgIpc) is 2.21. The van der Waals surface area contributed by atoms with Crippen LogP contribution in [-0.2, 0) is 4.74 Å². The van der Waals surface area contributed by atoms with Gasteiger partial charge in [0.2, 0.25) is 0 Å². The summed E-state index contributed by atoms with van der Waals surface area (Å²) in [5.41, 5.74) is 2.42. The molecule has 0 aliphatic heterocycles. The van der Waals surface area contributed by atoms with E-state index in [1.165, 1.54) is 11.3 Å². The molecule has 1 aromatic rings. The van der Waals surface area contributed by atoms with Crippen molar-refractivity contribution in [1.29, 1.82) is 0 Å². The van der Waals surface area contributed by atoms with Gasteiger partial charge in [-0.15, -0.1) is 0 Å². The van der Waals surface area contributed by atoms with Crippen LogP contribution in [0.2, 0.25) is 0 Å². The van der Waals surface area contributed by atoms with Crippen LogP contribution in [0.5, 0.6) is 0 Å². The van der Waals surface area contributed by atoms with E-state index in [2.05, 4.69) is 57.3 Å². The summed E-state index contributed by atoms with van der Waals surface area (Å²) in [6, 6.07) is 8.76. The number of methoxy groups -OCH3 is 1. The van der Waals surface area contributed by atoms with E-state index >= 15 is 0 Å². The lowest BCUT2D eigenvalue weighted by Crippen LogP contribution is -2.31. The number of para-hydroxylation sites is 1. The fourth-order valence-corrected chi connectivity index (χ4v) is 1.87. The van der Waals surface area contributed by atoms with Crippen molar-refractivity contribution in [3.05, 3.63) is 29.8 Å². The maximum Gasteiger partial charge on any atom is 0.0642 e. The molecule has 0 aliphatic rings. The molecule has 1 atom stereocenters. The smallest absolute Gasteiger partial charge is 0.0642 e. The molecule has 0 aromatic heterocycles. The van der Waals surface area contributed by atoms with Crippen LogP contribution in [0, 0.1) is 6.92 Å². The Bertz CT molecular complexity index is 333. The second-order valence-electron chi connectivity index (χ2n) is 5.03. The predicted molar refractivity (Wildman–Crippen MR) is 70.0 cm³/mol. The van der Waals surface area contributed by atoms with Crippen molar-refractivity contribution in [3.63, 3.8) is 0 Å². The normalized spacial score (nSPS) is 13.6. The largest absolute Gasteiger partial charge is 0.382 e. The zero-order chi connectivity index (χ0) is 12.2. The Hall–Kier alpha value is -1.02. The van der Waals surface area contributed by atoms with Crippen molar-refractivity contribution >= 4 is 5.69 Å². The van der Waals surface area contributed by atoms with Gasteiger partial charge in [-0.3, -0.25) is 0 Å². The molecule has 0 amide bonds. The van der Waals surface area contributed by atoms with Crippen LogP contribution in [0.1, 0.15) is 32.8 Å². The molecule has 0 spiro atoms. The summed E-state index contributed by atoms with van der Waals surface area (Å²) in [6.07, 6.45) is 0.984. The second kappa shape index (κ2) is 5.35. The lowest BCUT2D eigenvalue weighted by atomic mass is 9.99. The summed E-state index contributed by atoms with van der Waals surface area (Å²) in [4.78, 5) is 0. The van der Waals surface area contributed by atoms with Crippen LogP contribution in [0.4, 0.5) is 5.69 Å². The highest BCUT2D eigenvalue weighted by molar-refractivity contribution is 5.50. The highest BCUT2D eigenvalue weighted by Gasteiger charge is 2.20. The van der Waals surface area contributed by atoms with E-state index in [1.807, 2.05) is 0 Å². The Balaban J connectivity index is 2.58. The third kappa shape index (κ3) is 3.86. The number of hydrogen-bond donors (Lipinski definition) is 1. The van der Waals surface area contributed by atoms with Gasteiger partial charge in [0.1, 0.15) is 0 Å². The van der Waals surface area contributed by atoms with Crippen molar-refractivity contribution in [2.45, 2.75) is 45.8 Å². The molecule has 0 radical (unpaired) electrons. The number of aryl methyl sites for hydroxylation is 1. The molecule has 0 saturated carbocycles. The average molecular weight is 221 g/mol. The molecule has 1 aromatic carbocycles. The first kappa shape index (κ1) is 13.0. The molecule has 16 heavy (non-hydrogen) atoms. The van der Waals surface area contributed by atoms with Crippen molar-refractivity contribution < 1.29 is 4.74 Å². The van der Waals surface area contributed by atoms with Crippen molar-refractivity contribution in [2.75, 3.05) is 12.4 Å². The third-order valence-corrected chi connectivity index (χ3v) is 2.90. The van der Waals surface area contributed by atoms with Gasteiger partial charge in [0.15, 0.2) is 0 Å².